The van der Waals surface area contributed by atoms with Crippen LogP contribution in [-0.2, 0) is 6.42 Å². The molecule has 2 heteroatoms. The molecule has 0 aliphatic heterocycles. The molecule has 2 rings (SSSR count). The Labute approximate surface area is 96.1 Å². The van der Waals surface area contributed by atoms with Crippen LogP contribution in [-0.4, -0.2) is 10.5 Å². The zero-order valence-corrected chi connectivity index (χ0v) is 9.58. The van der Waals surface area contributed by atoms with Crippen LogP contribution in [0.3, 0.4) is 0 Å². The lowest BCUT2D eigenvalue weighted by atomic mass is 9.84. The summed E-state index contributed by atoms with van der Waals surface area (Å²) in [7, 11) is 0. The van der Waals surface area contributed by atoms with E-state index in [0.717, 1.165) is 12.8 Å². The molecule has 0 radical (unpaired) electrons. The van der Waals surface area contributed by atoms with Crippen LogP contribution in [0.25, 0.3) is 0 Å². The maximum Gasteiger partial charge on any atom is 0.115 e. The molecule has 1 aromatic rings. The van der Waals surface area contributed by atoms with E-state index in [0.29, 0.717) is 17.0 Å². The molecule has 82 valence electrons. The van der Waals surface area contributed by atoms with E-state index in [1.165, 1.54) is 24.8 Å². The van der Waals surface area contributed by atoms with E-state index < -0.39 is 0 Å². The first-order valence-electron chi connectivity index (χ1n) is 5.67. The van der Waals surface area contributed by atoms with Crippen molar-refractivity contribution in [2.45, 2.75) is 37.5 Å². The fraction of sp³-hybridized carbons (Fsp3) is 0.538. The van der Waals surface area contributed by atoms with Crippen LogP contribution in [0.15, 0.2) is 24.3 Å². The highest BCUT2D eigenvalue weighted by Gasteiger charge is 2.23. The fourth-order valence-corrected chi connectivity index (χ4v) is 2.75. The molecule has 0 heterocycles. The first-order chi connectivity index (χ1) is 7.25. The van der Waals surface area contributed by atoms with Crippen LogP contribution in [0.4, 0.5) is 0 Å². The van der Waals surface area contributed by atoms with Gasteiger partial charge < -0.3 is 5.11 Å². The summed E-state index contributed by atoms with van der Waals surface area (Å²) in [6, 6.07) is 7.52. The lowest BCUT2D eigenvalue weighted by Gasteiger charge is -2.27. The van der Waals surface area contributed by atoms with E-state index in [9.17, 15) is 5.11 Å². The minimum Gasteiger partial charge on any atom is -0.508 e. The van der Waals surface area contributed by atoms with Gasteiger partial charge in [0.25, 0.3) is 0 Å². The second kappa shape index (κ2) is 4.89. The van der Waals surface area contributed by atoms with E-state index in [-0.39, 0.29) is 0 Å². The van der Waals surface area contributed by atoms with E-state index >= 15 is 0 Å². The molecule has 0 bridgehead atoms. The van der Waals surface area contributed by atoms with Crippen molar-refractivity contribution in [3.63, 3.8) is 0 Å². The summed E-state index contributed by atoms with van der Waals surface area (Å²) in [5, 5.41) is 9.70. The molecule has 1 fully saturated rings. The van der Waals surface area contributed by atoms with E-state index in [4.69, 9.17) is 11.6 Å². The summed E-state index contributed by atoms with van der Waals surface area (Å²) in [4.78, 5) is 0. The summed E-state index contributed by atoms with van der Waals surface area (Å²) < 4.78 is 0. The Balaban J connectivity index is 2.01. The van der Waals surface area contributed by atoms with Crippen molar-refractivity contribution >= 4 is 11.6 Å². The Morgan fingerprint density at radius 1 is 1.27 bits per heavy atom. The van der Waals surface area contributed by atoms with Crippen LogP contribution in [0.5, 0.6) is 5.75 Å². The van der Waals surface area contributed by atoms with Gasteiger partial charge in [-0.05, 0) is 42.9 Å². The standard InChI is InChI=1S/C13H17ClO/c14-13-7-2-1-5-11(13)8-10-4-3-6-12(15)9-10/h3-4,6,9,11,13,15H,1-2,5,7-8H2. The van der Waals surface area contributed by atoms with Gasteiger partial charge in [0.2, 0.25) is 0 Å². The van der Waals surface area contributed by atoms with Crippen molar-refractivity contribution in [1.29, 1.82) is 0 Å². The SMILES string of the molecule is Oc1cccc(CC2CCCCC2Cl)c1. The molecule has 2 unspecified atom stereocenters. The normalized spacial score (nSPS) is 26.5. The number of phenols is 1. The fourth-order valence-electron chi connectivity index (χ4n) is 2.38. The minimum absolute atomic E-state index is 0.320. The number of aromatic hydroxyl groups is 1. The minimum atomic E-state index is 0.320. The number of halogens is 1. The molecular weight excluding hydrogens is 208 g/mol. The zero-order valence-electron chi connectivity index (χ0n) is 8.82. The van der Waals surface area contributed by atoms with Crippen molar-refractivity contribution in [2.24, 2.45) is 5.92 Å². The molecule has 1 aromatic carbocycles. The van der Waals surface area contributed by atoms with Gasteiger partial charge in [0, 0.05) is 5.38 Å². The Morgan fingerprint density at radius 2 is 2.07 bits per heavy atom. The van der Waals surface area contributed by atoms with Crippen LogP contribution < -0.4 is 0 Å². The molecule has 0 aromatic heterocycles. The third-order valence-corrected chi connectivity index (χ3v) is 3.80. The average molecular weight is 225 g/mol. The van der Waals surface area contributed by atoms with Crippen LogP contribution in [0.2, 0.25) is 0 Å². The summed E-state index contributed by atoms with van der Waals surface area (Å²) in [6.07, 6.45) is 5.94. The number of hydrogen-bond acceptors (Lipinski definition) is 1. The number of rotatable bonds is 2. The first kappa shape index (κ1) is 10.8. The molecule has 1 aliphatic carbocycles. The molecule has 1 nitrogen and oxygen atoms in total. The Hall–Kier alpha value is -0.690. The predicted octanol–water partition coefficient (Wildman–Crippen LogP) is 3.73. The van der Waals surface area contributed by atoms with E-state index in [1.54, 1.807) is 6.07 Å². The topological polar surface area (TPSA) is 20.2 Å². The van der Waals surface area contributed by atoms with Gasteiger partial charge in [-0.2, -0.15) is 0 Å². The Bertz CT molecular complexity index is 324. The monoisotopic (exact) mass is 224 g/mol. The molecule has 1 N–H and O–H groups in total. The third kappa shape index (κ3) is 2.88. The third-order valence-electron chi connectivity index (χ3n) is 3.22. The quantitative estimate of drug-likeness (QED) is 0.759. The number of alkyl halides is 1. The number of benzene rings is 1. The first-order valence-corrected chi connectivity index (χ1v) is 6.11. The van der Waals surface area contributed by atoms with Crippen LogP contribution in [0, 0.1) is 5.92 Å². The van der Waals surface area contributed by atoms with Gasteiger partial charge in [0.05, 0.1) is 0 Å². The Morgan fingerprint density at radius 3 is 2.80 bits per heavy atom. The van der Waals surface area contributed by atoms with Crippen LogP contribution >= 0.6 is 11.6 Å². The molecule has 15 heavy (non-hydrogen) atoms. The predicted molar refractivity (Wildman–Crippen MR) is 63.4 cm³/mol. The van der Waals surface area contributed by atoms with E-state index in [1.807, 2.05) is 12.1 Å². The van der Waals surface area contributed by atoms with Crippen LogP contribution in [0.1, 0.15) is 31.2 Å². The number of hydrogen-bond donors (Lipinski definition) is 1. The van der Waals surface area contributed by atoms with Crippen molar-refractivity contribution in [1.82, 2.24) is 0 Å². The highest BCUT2D eigenvalue weighted by molar-refractivity contribution is 6.20. The second-order valence-corrected chi connectivity index (χ2v) is 5.00. The summed E-state index contributed by atoms with van der Waals surface area (Å²) >= 11 is 6.31. The van der Waals surface area contributed by atoms with Gasteiger partial charge in [-0.1, -0.05) is 25.0 Å². The second-order valence-electron chi connectivity index (χ2n) is 4.43. The smallest absolute Gasteiger partial charge is 0.115 e. The molecule has 0 spiro atoms. The van der Waals surface area contributed by atoms with Crippen molar-refractivity contribution in [3.8, 4) is 5.75 Å². The molecule has 0 saturated heterocycles. The molecule has 0 amide bonds. The van der Waals surface area contributed by atoms with Crippen molar-refractivity contribution < 1.29 is 5.11 Å². The van der Waals surface area contributed by atoms with Crippen molar-refractivity contribution in [2.75, 3.05) is 0 Å². The number of phenolic OH excluding ortho intramolecular Hbond substituents is 1. The molecule has 2 atom stereocenters. The summed E-state index contributed by atoms with van der Waals surface area (Å²) in [5.41, 5.74) is 1.20. The highest BCUT2D eigenvalue weighted by Crippen LogP contribution is 2.31. The van der Waals surface area contributed by atoms with Gasteiger partial charge in [-0.15, -0.1) is 11.6 Å². The molecular formula is C13H17ClO. The Kier molecular flexibility index (Phi) is 3.53. The van der Waals surface area contributed by atoms with Crippen molar-refractivity contribution in [3.05, 3.63) is 29.8 Å². The lowest BCUT2D eigenvalue weighted by Crippen LogP contribution is -2.21. The maximum atomic E-state index is 9.38. The van der Waals surface area contributed by atoms with Gasteiger partial charge in [-0.3, -0.25) is 0 Å². The zero-order chi connectivity index (χ0) is 10.7. The van der Waals surface area contributed by atoms with Gasteiger partial charge >= 0.3 is 0 Å². The largest absolute Gasteiger partial charge is 0.508 e. The molecule has 1 aliphatic rings. The highest BCUT2D eigenvalue weighted by atomic mass is 35.5. The van der Waals surface area contributed by atoms with Gasteiger partial charge in [0.1, 0.15) is 5.75 Å². The van der Waals surface area contributed by atoms with Gasteiger partial charge in [-0.25, -0.2) is 0 Å². The lowest BCUT2D eigenvalue weighted by molar-refractivity contribution is 0.363. The summed E-state index contributed by atoms with van der Waals surface area (Å²) in [6.45, 7) is 0. The van der Waals surface area contributed by atoms with E-state index in [2.05, 4.69) is 6.07 Å². The molecule has 1 saturated carbocycles. The average Bonchev–Trinajstić information content (AvgIpc) is 2.22. The van der Waals surface area contributed by atoms with Gasteiger partial charge in [0.15, 0.2) is 0 Å². The maximum absolute atomic E-state index is 9.38. The summed E-state index contributed by atoms with van der Waals surface area (Å²) in [5.74, 6) is 0.941.